The van der Waals surface area contributed by atoms with Gasteiger partial charge in [-0.2, -0.15) is 17.0 Å². The van der Waals surface area contributed by atoms with Gasteiger partial charge in [-0.05, 0) is 32.6 Å². The van der Waals surface area contributed by atoms with Crippen molar-refractivity contribution in [2.45, 2.75) is 44.8 Å². The maximum absolute atomic E-state index is 12.5. The molecule has 22 heavy (non-hydrogen) atoms. The molecule has 1 atom stereocenters. The molecule has 1 N–H and O–H groups in total. The molecule has 0 aliphatic carbocycles. The van der Waals surface area contributed by atoms with E-state index in [2.05, 4.69) is 10.3 Å². The first kappa shape index (κ1) is 15.9. The van der Waals surface area contributed by atoms with Gasteiger partial charge in [0.1, 0.15) is 5.69 Å². The third-order valence-electron chi connectivity index (χ3n) is 4.47. The number of hydrogen-bond acceptors (Lipinski definition) is 5. The van der Waals surface area contributed by atoms with Crippen molar-refractivity contribution in [3.8, 4) is 0 Å². The van der Waals surface area contributed by atoms with Crippen LogP contribution in [0.3, 0.4) is 0 Å². The molecular formula is C13H23N5O3S. The van der Waals surface area contributed by atoms with Crippen molar-refractivity contribution in [2.75, 3.05) is 26.2 Å². The van der Waals surface area contributed by atoms with Crippen LogP contribution in [0.4, 0.5) is 0 Å². The molecule has 1 aromatic rings. The summed E-state index contributed by atoms with van der Waals surface area (Å²) in [4.78, 5) is 0. The lowest BCUT2D eigenvalue weighted by atomic mass is 10.1. The second kappa shape index (κ2) is 6.23. The second-order valence-corrected chi connectivity index (χ2v) is 7.97. The molecule has 2 fully saturated rings. The molecule has 2 aliphatic rings. The summed E-state index contributed by atoms with van der Waals surface area (Å²) in [7, 11) is -3.29. The van der Waals surface area contributed by atoms with Crippen LogP contribution >= 0.6 is 0 Å². The van der Waals surface area contributed by atoms with E-state index in [1.807, 2.05) is 0 Å². The highest BCUT2D eigenvalue weighted by molar-refractivity contribution is 7.86. The minimum Gasteiger partial charge on any atom is -0.387 e. The molecule has 0 spiro atoms. The molecule has 0 amide bonds. The molecule has 2 aliphatic heterocycles. The molecule has 2 saturated heterocycles. The van der Waals surface area contributed by atoms with E-state index in [-0.39, 0.29) is 6.04 Å². The Morgan fingerprint density at radius 2 is 1.77 bits per heavy atom. The molecule has 1 unspecified atom stereocenters. The van der Waals surface area contributed by atoms with Gasteiger partial charge in [0, 0.05) is 26.2 Å². The Balaban J connectivity index is 1.62. The van der Waals surface area contributed by atoms with Crippen molar-refractivity contribution >= 4 is 10.2 Å². The van der Waals surface area contributed by atoms with E-state index in [0.717, 1.165) is 25.7 Å². The van der Waals surface area contributed by atoms with Gasteiger partial charge in [0.25, 0.3) is 10.2 Å². The molecule has 1 aromatic heterocycles. The summed E-state index contributed by atoms with van der Waals surface area (Å²) in [6.45, 7) is 3.95. The van der Waals surface area contributed by atoms with E-state index in [0.29, 0.717) is 31.9 Å². The summed E-state index contributed by atoms with van der Waals surface area (Å²) in [5.41, 5.74) is 0.548. The van der Waals surface area contributed by atoms with Crippen LogP contribution in [-0.2, 0) is 10.2 Å². The number of aromatic nitrogens is 3. The van der Waals surface area contributed by atoms with Crippen molar-refractivity contribution in [1.82, 2.24) is 23.6 Å². The largest absolute Gasteiger partial charge is 0.387 e. The van der Waals surface area contributed by atoms with Crippen LogP contribution in [0.15, 0.2) is 6.20 Å². The molecule has 0 bridgehead atoms. The van der Waals surface area contributed by atoms with Crippen molar-refractivity contribution in [1.29, 1.82) is 0 Å². The summed E-state index contributed by atoms with van der Waals surface area (Å²) >= 11 is 0. The average molecular weight is 329 g/mol. The number of aliphatic hydroxyl groups excluding tert-OH is 1. The standard InChI is InChI=1S/C13H23N5O3S/c1-11(19)13-10-18(15-14-13)12-4-8-17(9-5-12)22(20,21)16-6-2-3-7-16/h10-12,19H,2-9H2,1H3. The first-order valence-electron chi connectivity index (χ1n) is 7.83. The SMILES string of the molecule is CC(O)c1cn(C2CCN(S(=O)(=O)N3CCCC3)CC2)nn1. The maximum atomic E-state index is 12.5. The van der Waals surface area contributed by atoms with E-state index in [1.165, 1.54) is 0 Å². The zero-order valence-electron chi connectivity index (χ0n) is 12.8. The quantitative estimate of drug-likeness (QED) is 0.858. The average Bonchev–Trinajstić information content (AvgIpc) is 3.19. The smallest absolute Gasteiger partial charge is 0.281 e. The van der Waals surface area contributed by atoms with Crippen molar-refractivity contribution in [3.05, 3.63) is 11.9 Å². The number of nitrogens with zero attached hydrogens (tertiary/aromatic N) is 5. The molecule has 124 valence electrons. The minimum absolute atomic E-state index is 0.144. The summed E-state index contributed by atoms with van der Waals surface area (Å²) in [5.74, 6) is 0. The lowest BCUT2D eigenvalue weighted by Crippen LogP contribution is -2.46. The predicted molar refractivity (Wildman–Crippen MR) is 80.2 cm³/mol. The van der Waals surface area contributed by atoms with Crippen LogP contribution in [0.5, 0.6) is 0 Å². The van der Waals surface area contributed by atoms with Gasteiger partial charge < -0.3 is 5.11 Å². The van der Waals surface area contributed by atoms with E-state index in [9.17, 15) is 13.5 Å². The van der Waals surface area contributed by atoms with Crippen LogP contribution in [0.2, 0.25) is 0 Å². The van der Waals surface area contributed by atoms with Crippen LogP contribution in [0.25, 0.3) is 0 Å². The Kier molecular flexibility index (Phi) is 4.49. The molecule has 0 aromatic carbocycles. The lowest BCUT2D eigenvalue weighted by Gasteiger charge is -2.33. The number of rotatable bonds is 4. The van der Waals surface area contributed by atoms with Crippen LogP contribution in [0.1, 0.15) is 50.4 Å². The highest BCUT2D eigenvalue weighted by atomic mass is 32.2. The predicted octanol–water partition coefficient (Wildman–Crippen LogP) is 0.309. The molecule has 9 heteroatoms. The van der Waals surface area contributed by atoms with Gasteiger partial charge >= 0.3 is 0 Å². The molecular weight excluding hydrogens is 306 g/mol. The van der Waals surface area contributed by atoms with Gasteiger partial charge in [0.05, 0.1) is 18.3 Å². The first-order chi connectivity index (χ1) is 10.5. The van der Waals surface area contributed by atoms with Gasteiger partial charge in [-0.15, -0.1) is 5.10 Å². The first-order valence-corrected chi connectivity index (χ1v) is 9.23. The van der Waals surface area contributed by atoms with Gasteiger partial charge in [-0.1, -0.05) is 5.21 Å². The van der Waals surface area contributed by atoms with Crippen molar-refractivity contribution < 1.29 is 13.5 Å². The fourth-order valence-electron chi connectivity index (χ4n) is 3.08. The highest BCUT2D eigenvalue weighted by Crippen LogP contribution is 2.26. The highest BCUT2D eigenvalue weighted by Gasteiger charge is 2.34. The fourth-order valence-corrected chi connectivity index (χ4v) is 4.80. The van der Waals surface area contributed by atoms with Crippen molar-refractivity contribution in [2.24, 2.45) is 0 Å². The molecule has 3 rings (SSSR count). The Labute approximate surface area is 130 Å². The summed E-state index contributed by atoms with van der Waals surface area (Å²) in [5, 5.41) is 17.5. The third-order valence-corrected chi connectivity index (χ3v) is 6.51. The summed E-state index contributed by atoms with van der Waals surface area (Å²) in [6, 6.07) is 0.144. The Bertz CT molecular complexity index is 601. The molecule has 3 heterocycles. The second-order valence-electron chi connectivity index (χ2n) is 6.04. The molecule has 0 radical (unpaired) electrons. The van der Waals surface area contributed by atoms with E-state index in [1.54, 1.807) is 26.4 Å². The van der Waals surface area contributed by atoms with Crippen LogP contribution in [-0.4, -0.2) is 63.3 Å². The zero-order chi connectivity index (χ0) is 15.7. The van der Waals surface area contributed by atoms with E-state index >= 15 is 0 Å². The van der Waals surface area contributed by atoms with Gasteiger partial charge in [0.2, 0.25) is 0 Å². The van der Waals surface area contributed by atoms with Gasteiger partial charge in [-0.3, -0.25) is 0 Å². The van der Waals surface area contributed by atoms with Gasteiger partial charge in [0.15, 0.2) is 0 Å². The topological polar surface area (TPSA) is 91.6 Å². The summed E-state index contributed by atoms with van der Waals surface area (Å²) < 4.78 is 29.9. The lowest BCUT2D eigenvalue weighted by molar-refractivity contribution is 0.194. The number of hydrogen-bond donors (Lipinski definition) is 1. The maximum Gasteiger partial charge on any atom is 0.281 e. The van der Waals surface area contributed by atoms with Crippen LogP contribution < -0.4 is 0 Å². The number of piperidine rings is 1. The van der Waals surface area contributed by atoms with E-state index in [4.69, 9.17) is 0 Å². The third kappa shape index (κ3) is 3.03. The Morgan fingerprint density at radius 3 is 2.32 bits per heavy atom. The Hall–Kier alpha value is -1.03. The Morgan fingerprint density at radius 1 is 1.18 bits per heavy atom. The monoisotopic (exact) mass is 329 g/mol. The normalized spacial score (nSPS) is 23.9. The fraction of sp³-hybridized carbons (Fsp3) is 0.846. The zero-order valence-corrected chi connectivity index (χ0v) is 13.6. The molecule has 8 nitrogen and oxygen atoms in total. The summed E-state index contributed by atoms with van der Waals surface area (Å²) in [6.07, 6.45) is 4.46. The molecule has 0 saturated carbocycles. The van der Waals surface area contributed by atoms with Crippen molar-refractivity contribution in [3.63, 3.8) is 0 Å². The van der Waals surface area contributed by atoms with Gasteiger partial charge in [-0.25, -0.2) is 4.68 Å². The van der Waals surface area contributed by atoms with E-state index < -0.39 is 16.3 Å². The minimum atomic E-state index is -3.29. The van der Waals surface area contributed by atoms with Crippen LogP contribution in [0, 0.1) is 0 Å². The number of aliphatic hydroxyl groups is 1.